The summed E-state index contributed by atoms with van der Waals surface area (Å²) in [5.74, 6) is 0.964. The van der Waals surface area contributed by atoms with Crippen LogP contribution in [0.2, 0.25) is 0 Å². The van der Waals surface area contributed by atoms with E-state index in [4.69, 9.17) is 11.2 Å². The van der Waals surface area contributed by atoms with E-state index in [0.717, 1.165) is 4.90 Å². The Morgan fingerprint density at radius 3 is 2.59 bits per heavy atom. The molecule has 8 nitrogen and oxygen atoms in total. The van der Waals surface area contributed by atoms with E-state index in [1.807, 2.05) is 0 Å². The molecule has 0 bridgehead atoms. The quantitative estimate of drug-likeness (QED) is 0.584. The molecule has 3 heterocycles. The number of carbonyl (C=O) groups excluding carboxylic acids is 4. The lowest BCUT2D eigenvalue weighted by Gasteiger charge is -2.37. The largest absolute Gasteiger partial charge is 0.488 e. The number of hydrogen-bond donors (Lipinski definition) is 1. The molecule has 0 spiro atoms. The zero-order valence-corrected chi connectivity index (χ0v) is 14.4. The van der Waals surface area contributed by atoms with Gasteiger partial charge in [0.1, 0.15) is 17.9 Å². The number of likely N-dealkylation sites (tertiary alicyclic amines) is 1. The molecular weight excluding hydrogens is 350 g/mol. The number of amides is 4. The molecule has 138 valence electrons. The zero-order valence-electron chi connectivity index (χ0n) is 14.4. The maximum Gasteiger partial charge on any atom is 0.262 e. The van der Waals surface area contributed by atoms with Crippen molar-refractivity contribution in [1.82, 2.24) is 15.1 Å². The molecule has 27 heavy (non-hydrogen) atoms. The number of hydrogen-bond acceptors (Lipinski definition) is 6. The van der Waals surface area contributed by atoms with Crippen LogP contribution in [0.4, 0.5) is 0 Å². The topological polar surface area (TPSA) is 96.0 Å². The molecule has 8 heteroatoms. The molecule has 0 aliphatic carbocycles. The molecule has 4 amide bonds. The Bertz CT molecular complexity index is 897. The van der Waals surface area contributed by atoms with Crippen LogP contribution in [0.5, 0.6) is 5.75 Å². The number of carbonyl (C=O) groups is 4. The van der Waals surface area contributed by atoms with Gasteiger partial charge in [0.2, 0.25) is 11.8 Å². The second kappa shape index (κ2) is 6.52. The van der Waals surface area contributed by atoms with Crippen molar-refractivity contribution in [2.75, 3.05) is 19.6 Å². The van der Waals surface area contributed by atoms with Crippen LogP contribution in [-0.2, 0) is 9.59 Å². The third-order valence-electron chi connectivity index (χ3n) is 4.95. The van der Waals surface area contributed by atoms with Gasteiger partial charge in [-0.05, 0) is 24.6 Å². The van der Waals surface area contributed by atoms with Crippen LogP contribution in [0.1, 0.15) is 33.6 Å². The van der Waals surface area contributed by atoms with Crippen molar-refractivity contribution in [2.24, 2.45) is 0 Å². The Hall–Kier alpha value is -3.18. The molecule has 3 aliphatic heterocycles. The first-order valence-electron chi connectivity index (χ1n) is 8.66. The molecule has 0 radical (unpaired) electrons. The van der Waals surface area contributed by atoms with E-state index >= 15 is 0 Å². The number of rotatable bonds is 4. The molecule has 1 N–H and O–H groups in total. The first-order valence-corrected chi connectivity index (χ1v) is 8.66. The van der Waals surface area contributed by atoms with Crippen molar-refractivity contribution in [3.8, 4) is 18.1 Å². The van der Waals surface area contributed by atoms with Crippen LogP contribution >= 0.6 is 0 Å². The summed E-state index contributed by atoms with van der Waals surface area (Å²) in [6, 6.07) is 3.74. The molecule has 4 rings (SSSR count). The lowest BCUT2D eigenvalue weighted by atomic mass is 10.0. The molecule has 2 saturated heterocycles. The molecular formula is C19H17N3O5. The Labute approximate surface area is 155 Å². The third-order valence-corrected chi connectivity index (χ3v) is 4.95. The smallest absolute Gasteiger partial charge is 0.262 e. The van der Waals surface area contributed by atoms with Gasteiger partial charge in [-0.1, -0.05) is 5.92 Å². The Morgan fingerprint density at radius 2 is 1.89 bits per heavy atom. The standard InChI is InChI=1S/C19H17N3O5/c1-2-7-21-9-12(10-21)27-11-3-4-13-14(8-11)19(26)22(18(13)25)15-5-6-16(23)20-17(15)24/h1,3-4,8,12,15H,5-7,9-10H2,(H,20,23,24). The van der Waals surface area contributed by atoms with Gasteiger partial charge in [0.15, 0.2) is 0 Å². The number of benzene rings is 1. The fourth-order valence-corrected chi connectivity index (χ4v) is 3.57. The fraction of sp³-hybridized carbons (Fsp3) is 0.368. The van der Waals surface area contributed by atoms with Crippen LogP contribution in [0, 0.1) is 12.3 Å². The van der Waals surface area contributed by atoms with E-state index in [-0.39, 0.29) is 30.1 Å². The highest BCUT2D eigenvalue weighted by molar-refractivity contribution is 6.23. The highest BCUT2D eigenvalue weighted by Gasteiger charge is 2.44. The second-order valence-electron chi connectivity index (χ2n) is 6.79. The number of ether oxygens (including phenoxy) is 1. The number of imide groups is 2. The summed E-state index contributed by atoms with van der Waals surface area (Å²) in [5.41, 5.74) is 0.446. The SMILES string of the molecule is C#CCN1CC(Oc2ccc3c(c2)C(=O)N(C2CCC(=O)NC2=O)C3=O)C1. The van der Waals surface area contributed by atoms with Crippen LogP contribution in [-0.4, -0.2) is 65.2 Å². The van der Waals surface area contributed by atoms with Gasteiger partial charge in [0, 0.05) is 19.5 Å². The first-order chi connectivity index (χ1) is 13.0. The maximum absolute atomic E-state index is 12.7. The predicted molar refractivity (Wildman–Crippen MR) is 92.8 cm³/mol. The van der Waals surface area contributed by atoms with Gasteiger partial charge in [0.05, 0.1) is 17.7 Å². The minimum atomic E-state index is -0.969. The molecule has 3 aliphatic rings. The average molecular weight is 367 g/mol. The van der Waals surface area contributed by atoms with Crippen LogP contribution in [0.15, 0.2) is 18.2 Å². The second-order valence-corrected chi connectivity index (χ2v) is 6.79. The van der Waals surface area contributed by atoms with Crippen molar-refractivity contribution < 1.29 is 23.9 Å². The molecule has 1 aromatic carbocycles. The summed E-state index contributed by atoms with van der Waals surface area (Å²) in [5, 5.41) is 2.17. The highest BCUT2D eigenvalue weighted by atomic mass is 16.5. The highest BCUT2D eigenvalue weighted by Crippen LogP contribution is 2.31. The van der Waals surface area contributed by atoms with Gasteiger partial charge >= 0.3 is 0 Å². The summed E-state index contributed by atoms with van der Waals surface area (Å²) in [6.07, 6.45) is 5.47. The monoisotopic (exact) mass is 367 g/mol. The van der Waals surface area contributed by atoms with E-state index in [9.17, 15) is 19.2 Å². The fourth-order valence-electron chi connectivity index (χ4n) is 3.57. The van der Waals surface area contributed by atoms with Gasteiger partial charge < -0.3 is 4.74 Å². The summed E-state index contributed by atoms with van der Waals surface area (Å²) < 4.78 is 5.84. The molecule has 1 unspecified atom stereocenters. The lowest BCUT2D eigenvalue weighted by molar-refractivity contribution is -0.136. The number of nitrogens with one attached hydrogen (secondary N) is 1. The Kier molecular flexibility index (Phi) is 4.16. The molecule has 2 fully saturated rings. The van der Waals surface area contributed by atoms with Crippen LogP contribution < -0.4 is 10.1 Å². The zero-order chi connectivity index (χ0) is 19.1. The van der Waals surface area contributed by atoms with E-state index in [1.54, 1.807) is 6.07 Å². The van der Waals surface area contributed by atoms with Crippen LogP contribution in [0.25, 0.3) is 0 Å². The van der Waals surface area contributed by atoms with E-state index in [2.05, 4.69) is 16.1 Å². The van der Waals surface area contributed by atoms with Crippen molar-refractivity contribution >= 4 is 23.6 Å². The average Bonchev–Trinajstić information content (AvgIpc) is 2.84. The Morgan fingerprint density at radius 1 is 1.15 bits per heavy atom. The number of piperidine rings is 1. The maximum atomic E-state index is 12.7. The normalized spacial score (nSPS) is 22.9. The number of fused-ring (bicyclic) bond motifs is 1. The van der Waals surface area contributed by atoms with Gasteiger partial charge in [0.25, 0.3) is 11.8 Å². The van der Waals surface area contributed by atoms with Crippen molar-refractivity contribution in [3.63, 3.8) is 0 Å². The van der Waals surface area contributed by atoms with Crippen molar-refractivity contribution in [2.45, 2.75) is 25.0 Å². The van der Waals surface area contributed by atoms with Crippen molar-refractivity contribution in [3.05, 3.63) is 29.3 Å². The molecule has 1 aromatic rings. The third kappa shape index (κ3) is 2.96. The predicted octanol–water partition coefficient (Wildman–Crippen LogP) is -0.216. The van der Waals surface area contributed by atoms with E-state index in [0.29, 0.717) is 25.4 Å². The van der Waals surface area contributed by atoms with E-state index < -0.39 is 29.7 Å². The molecule has 0 aromatic heterocycles. The molecule has 1 atom stereocenters. The summed E-state index contributed by atoms with van der Waals surface area (Å²) in [4.78, 5) is 51.7. The number of nitrogens with zero attached hydrogens (tertiary/aromatic N) is 2. The van der Waals surface area contributed by atoms with Crippen LogP contribution in [0.3, 0.4) is 0 Å². The summed E-state index contributed by atoms with van der Waals surface area (Å²) in [7, 11) is 0. The van der Waals surface area contributed by atoms with Crippen molar-refractivity contribution in [1.29, 1.82) is 0 Å². The van der Waals surface area contributed by atoms with Gasteiger partial charge in [-0.3, -0.25) is 34.3 Å². The van der Waals surface area contributed by atoms with Gasteiger partial charge in [-0.15, -0.1) is 6.42 Å². The molecule has 0 saturated carbocycles. The van der Waals surface area contributed by atoms with Gasteiger partial charge in [-0.2, -0.15) is 0 Å². The minimum Gasteiger partial charge on any atom is -0.488 e. The van der Waals surface area contributed by atoms with Gasteiger partial charge in [-0.25, -0.2) is 0 Å². The number of terminal acetylenes is 1. The first kappa shape index (κ1) is 17.2. The lowest BCUT2D eigenvalue weighted by Crippen LogP contribution is -2.54. The summed E-state index contributed by atoms with van der Waals surface area (Å²) >= 11 is 0. The van der Waals surface area contributed by atoms with E-state index in [1.165, 1.54) is 12.1 Å². The Balaban J connectivity index is 1.50. The summed E-state index contributed by atoms with van der Waals surface area (Å²) in [6.45, 7) is 1.98. The minimum absolute atomic E-state index is 0.0187.